The third-order valence-corrected chi connectivity index (χ3v) is 1.56. The van der Waals surface area contributed by atoms with E-state index in [1.165, 1.54) is 6.21 Å². The number of benzene rings is 1. The zero-order valence-electron chi connectivity index (χ0n) is 9.29. The molecule has 0 saturated carbocycles. The molecule has 1 aromatic rings. The van der Waals surface area contributed by atoms with Crippen LogP contribution in [0.5, 0.6) is 0 Å². The minimum atomic E-state index is -1.43. The maximum absolute atomic E-state index is 10.9. The largest absolute Gasteiger partial charge is 1.00 e. The predicted molar refractivity (Wildman–Crippen MR) is 56.3 cm³/mol. The van der Waals surface area contributed by atoms with Gasteiger partial charge in [-0.15, -0.1) is 0 Å². The van der Waals surface area contributed by atoms with E-state index in [0.717, 1.165) is 11.6 Å². The van der Waals surface area contributed by atoms with Gasteiger partial charge < -0.3 is 9.90 Å². The van der Waals surface area contributed by atoms with Gasteiger partial charge in [0.25, 0.3) is 5.91 Å². The first-order valence-corrected chi connectivity index (χ1v) is 4.45. The molecule has 1 aromatic carbocycles. The molecule has 5 nitrogen and oxygen atoms in total. The Morgan fingerprint density at radius 2 is 1.82 bits per heavy atom. The second-order valence-electron chi connectivity index (χ2n) is 2.80. The van der Waals surface area contributed by atoms with Crippen molar-refractivity contribution in [1.82, 2.24) is 5.43 Å². The number of rotatable bonds is 4. The van der Waals surface area contributed by atoms with E-state index in [-0.39, 0.29) is 18.9 Å². The molecule has 0 fully saturated rings. The van der Waals surface area contributed by atoms with Crippen molar-refractivity contribution >= 4 is 18.1 Å². The summed E-state index contributed by atoms with van der Waals surface area (Å²) in [6.07, 6.45) is 2.91. The summed E-state index contributed by atoms with van der Waals surface area (Å²) in [5.74, 6) is -2.06. The van der Waals surface area contributed by atoms with E-state index < -0.39 is 11.9 Å². The number of carboxylic acids is 1. The van der Waals surface area contributed by atoms with Gasteiger partial charge in [-0.25, -0.2) is 5.43 Å². The van der Waals surface area contributed by atoms with E-state index in [4.69, 9.17) is 0 Å². The summed E-state index contributed by atoms with van der Waals surface area (Å²) < 4.78 is 0. The van der Waals surface area contributed by atoms with Crippen LogP contribution in [0, 0.1) is 0 Å². The summed E-state index contributed by atoms with van der Waals surface area (Å²) in [6.45, 7) is 0. The molecule has 0 unspecified atom stereocenters. The van der Waals surface area contributed by atoms with Crippen molar-refractivity contribution in [2.75, 3.05) is 0 Å². The number of hydrazone groups is 1. The summed E-state index contributed by atoms with van der Waals surface area (Å²) in [5, 5.41) is 13.6. The Labute approximate surface area is 110 Å². The summed E-state index contributed by atoms with van der Waals surface area (Å²) in [7, 11) is 0. The van der Waals surface area contributed by atoms with Gasteiger partial charge >= 0.3 is 18.9 Å². The maximum atomic E-state index is 10.9. The molecule has 0 saturated heterocycles. The number of nitrogens with one attached hydrogen (secondary N) is 1. The van der Waals surface area contributed by atoms with Crippen molar-refractivity contribution in [3.63, 3.8) is 0 Å². The number of carbonyl (C=O) groups is 2. The summed E-state index contributed by atoms with van der Waals surface area (Å²) in [5.41, 5.74) is 2.96. The summed E-state index contributed by atoms with van der Waals surface area (Å²) >= 11 is 0. The van der Waals surface area contributed by atoms with Gasteiger partial charge in [0.15, 0.2) is 0 Å². The molecule has 0 bridgehead atoms. The van der Waals surface area contributed by atoms with E-state index in [9.17, 15) is 14.7 Å². The zero-order valence-corrected chi connectivity index (χ0v) is 9.29. The van der Waals surface area contributed by atoms with Crippen LogP contribution in [-0.4, -0.2) is 18.1 Å². The topological polar surface area (TPSA) is 81.6 Å². The van der Waals surface area contributed by atoms with Crippen LogP contribution in [0.2, 0.25) is 0 Å². The van der Waals surface area contributed by atoms with Crippen LogP contribution < -0.4 is 29.4 Å². The number of carboxylic acid groups (broad SMARTS) is 1. The van der Waals surface area contributed by atoms with E-state index in [1.807, 2.05) is 30.3 Å². The molecular formula is C11H9LiN2O3. The Morgan fingerprint density at radius 1 is 1.18 bits per heavy atom. The van der Waals surface area contributed by atoms with Crippen LogP contribution in [-0.2, 0) is 9.59 Å². The van der Waals surface area contributed by atoms with Gasteiger partial charge in [0.2, 0.25) is 0 Å². The van der Waals surface area contributed by atoms with Crippen molar-refractivity contribution in [1.29, 1.82) is 0 Å². The number of aliphatic carboxylic acids is 1. The van der Waals surface area contributed by atoms with Gasteiger partial charge in [-0.1, -0.05) is 30.3 Å². The maximum Gasteiger partial charge on any atom is 1.00 e. The first kappa shape index (κ1) is 15.2. The van der Waals surface area contributed by atoms with Crippen molar-refractivity contribution in [3.05, 3.63) is 48.0 Å². The Hall–Kier alpha value is -1.83. The van der Waals surface area contributed by atoms with E-state index >= 15 is 0 Å². The van der Waals surface area contributed by atoms with Gasteiger partial charge in [0, 0.05) is 6.08 Å². The standard InChI is InChI=1S/C11H10N2O3.Li/c14-10(6-7-11(15)16)13-12-8-9-4-2-1-3-5-9;/h1-8H,(H,13,14)(H,15,16);/q;+1/p-1. The molecule has 0 heterocycles. The SMILES string of the molecule is O=C([O-])C=CC(=O)NN=Cc1ccccc1.[Li+]. The molecule has 6 heteroatoms. The fourth-order valence-corrected chi connectivity index (χ4v) is 0.891. The first-order chi connectivity index (χ1) is 7.68. The van der Waals surface area contributed by atoms with E-state index in [2.05, 4.69) is 10.5 Å². The minimum absolute atomic E-state index is 0. The van der Waals surface area contributed by atoms with Crippen molar-refractivity contribution in [2.45, 2.75) is 0 Å². The van der Waals surface area contributed by atoms with Gasteiger partial charge in [0.1, 0.15) is 0 Å². The molecule has 1 N–H and O–H groups in total. The smallest absolute Gasteiger partial charge is 0.545 e. The molecule has 17 heavy (non-hydrogen) atoms. The Balaban J connectivity index is 0.00000256. The summed E-state index contributed by atoms with van der Waals surface area (Å²) in [6, 6.07) is 9.15. The van der Waals surface area contributed by atoms with Crippen molar-refractivity contribution < 1.29 is 33.6 Å². The van der Waals surface area contributed by atoms with Gasteiger partial charge in [-0.05, 0) is 11.6 Å². The van der Waals surface area contributed by atoms with Crippen LogP contribution in [0.25, 0.3) is 0 Å². The average molecular weight is 224 g/mol. The number of hydrogen-bond donors (Lipinski definition) is 1. The average Bonchev–Trinajstić information content (AvgIpc) is 2.28. The number of nitrogens with zero attached hydrogens (tertiary/aromatic N) is 1. The Bertz CT molecular complexity index is 430. The van der Waals surface area contributed by atoms with Crippen molar-refractivity contribution in [3.8, 4) is 0 Å². The monoisotopic (exact) mass is 224 g/mol. The van der Waals surface area contributed by atoms with E-state index in [0.29, 0.717) is 6.08 Å². The molecule has 0 aliphatic rings. The van der Waals surface area contributed by atoms with E-state index in [1.54, 1.807) is 0 Å². The number of hydrogen-bond acceptors (Lipinski definition) is 4. The second-order valence-corrected chi connectivity index (χ2v) is 2.80. The molecule has 0 radical (unpaired) electrons. The zero-order chi connectivity index (χ0) is 11.8. The van der Waals surface area contributed by atoms with Crippen LogP contribution in [0.15, 0.2) is 47.6 Å². The minimum Gasteiger partial charge on any atom is -0.545 e. The quantitative estimate of drug-likeness (QED) is 0.249. The molecule has 0 aliphatic carbocycles. The molecule has 0 aliphatic heterocycles. The van der Waals surface area contributed by atoms with Crippen LogP contribution in [0.1, 0.15) is 5.56 Å². The van der Waals surface area contributed by atoms with Crippen molar-refractivity contribution in [2.24, 2.45) is 5.10 Å². The molecule has 82 valence electrons. The normalized spacial score (nSPS) is 10.1. The molecule has 1 rings (SSSR count). The van der Waals surface area contributed by atoms with Gasteiger partial charge in [-0.3, -0.25) is 4.79 Å². The molecule has 0 aromatic heterocycles. The first-order valence-electron chi connectivity index (χ1n) is 4.45. The molecular weight excluding hydrogens is 215 g/mol. The van der Waals surface area contributed by atoms with Crippen LogP contribution >= 0.6 is 0 Å². The van der Waals surface area contributed by atoms with Crippen LogP contribution in [0.4, 0.5) is 0 Å². The predicted octanol–water partition coefficient (Wildman–Crippen LogP) is -3.55. The molecule has 0 spiro atoms. The van der Waals surface area contributed by atoms with Gasteiger partial charge in [-0.2, -0.15) is 5.10 Å². The van der Waals surface area contributed by atoms with Crippen LogP contribution in [0.3, 0.4) is 0 Å². The third kappa shape index (κ3) is 7.12. The fourth-order valence-electron chi connectivity index (χ4n) is 0.891. The number of amides is 1. The third-order valence-electron chi connectivity index (χ3n) is 1.56. The molecule has 0 atom stereocenters. The Kier molecular flexibility index (Phi) is 7.44. The fraction of sp³-hybridized carbons (Fsp3) is 0. The Morgan fingerprint density at radius 3 is 2.41 bits per heavy atom. The second kappa shape index (κ2) is 8.33. The van der Waals surface area contributed by atoms with Gasteiger partial charge in [0.05, 0.1) is 12.2 Å². The summed E-state index contributed by atoms with van der Waals surface area (Å²) in [4.78, 5) is 20.9. The molecule has 1 amide bonds. The number of carbonyl (C=O) groups excluding carboxylic acids is 2.